The summed E-state index contributed by atoms with van der Waals surface area (Å²) in [5.74, 6) is 0.660. The lowest BCUT2D eigenvalue weighted by Gasteiger charge is -2.27. The van der Waals surface area contributed by atoms with Gasteiger partial charge in [0.1, 0.15) is 0 Å². The summed E-state index contributed by atoms with van der Waals surface area (Å²) in [7, 11) is 0. The zero-order valence-electron chi connectivity index (χ0n) is 19.2. The Morgan fingerprint density at radius 2 is 1.86 bits per heavy atom. The van der Waals surface area contributed by atoms with Gasteiger partial charge in [-0.15, -0.1) is 10.2 Å². The van der Waals surface area contributed by atoms with Crippen LogP contribution in [0.5, 0.6) is 0 Å². The van der Waals surface area contributed by atoms with E-state index >= 15 is 0 Å². The Balaban J connectivity index is 1.42. The number of nitrogens with one attached hydrogen (secondary N) is 1. The number of pyridine rings is 1. The number of benzene rings is 2. The monoisotopic (exact) mass is 484 g/mol. The first-order valence-electron chi connectivity index (χ1n) is 11.3. The minimum atomic E-state index is -0.264. The number of carbonyl (C=O) groups excluding carboxylic acids is 2. The van der Waals surface area contributed by atoms with Crippen molar-refractivity contribution in [3.05, 3.63) is 84.7 Å². The third kappa shape index (κ3) is 4.95. The highest BCUT2D eigenvalue weighted by Crippen LogP contribution is 2.32. The standard InChI is InChI=1S/C26H24N6O2S/c1-18-14-23(33)28-21-11-5-6-12-22(21)32(18)24(34)17-35-26-30-29-25(20-10-7-13-27-15-20)31(26)16-19-8-3-2-4-9-19/h2-13,15,18H,14,16-17H2,1H3,(H,28,33). The molecule has 1 atom stereocenters. The molecule has 0 saturated heterocycles. The first kappa shape index (κ1) is 22.8. The number of fused-ring (bicyclic) bond motifs is 1. The van der Waals surface area contributed by atoms with Crippen molar-refractivity contribution in [3.63, 3.8) is 0 Å². The number of carbonyl (C=O) groups is 2. The van der Waals surface area contributed by atoms with Gasteiger partial charge in [-0.25, -0.2) is 0 Å². The van der Waals surface area contributed by atoms with Gasteiger partial charge < -0.3 is 10.2 Å². The molecule has 35 heavy (non-hydrogen) atoms. The van der Waals surface area contributed by atoms with Gasteiger partial charge >= 0.3 is 0 Å². The molecule has 0 aliphatic carbocycles. The number of rotatable bonds is 6. The summed E-state index contributed by atoms with van der Waals surface area (Å²) in [6, 6.07) is 21.0. The third-order valence-corrected chi connectivity index (χ3v) is 6.72. The van der Waals surface area contributed by atoms with Crippen LogP contribution in [0.25, 0.3) is 11.4 Å². The fourth-order valence-electron chi connectivity index (χ4n) is 4.18. The van der Waals surface area contributed by atoms with Gasteiger partial charge in [0.15, 0.2) is 11.0 Å². The molecule has 3 heterocycles. The molecular formula is C26H24N6O2S. The molecule has 0 saturated carbocycles. The van der Waals surface area contributed by atoms with E-state index < -0.39 is 0 Å². The highest BCUT2D eigenvalue weighted by molar-refractivity contribution is 7.99. The van der Waals surface area contributed by atoms with Crippen LogP contribution in [0.1, 0.15) is 18.9 Å². The minimum Gasteiger partial charge on any atom is -0.324 e. The van der Waals surface area contributed by atoms with E-state index in [-0.39, 0.29) is 30.0 Å². The smallest absolute Gasteiger partial charge is 0.237 e. The maximum Gasteiger partial charge on any atom is 0.237 e. The Hall–Kier alpha value is -3.98. The number of anilines is 2. The van der Waals surface area contributed by atoms with E-state index in [1.165, 1.54) is 11.8 Å². The average Bonchev–Trinajstić information content (AvgIpc) is 3.21. The number of hydrogen-bond donors (Lipinski definition) is 1. The van der Waals surface area contributed by atoms with Gasteiger partial charge in [0.25, 0.3) is 0 Å². The summed E-state index contributed by atoms with van der Waals surface area (Å²) in [4.78, 5) is 31.7. The highest BCUT2D eigenvalue weighted by atomic mass is 32.2. The van der Waals surface area contributed by atoms with Crippen LogP contribution < -0.4 is 10.2 Å². The molecule has 1 N–H and O–H groups in total. The number of nitrogens with zero attached hydrogens (tertiary/aromatic N) is 5. The SMILES string of the molecule is CC1CC(=O)Nc2ccccc2N1C(=O)CSc1nnc(-c2cccnc2)n1Cc1ccccc1. The Bertz CT molecular complexity index is 1340. The van der Waals surface area contributed by atoms with Crippen molar-refractivity contribution in [2.45, 2.75) is 31.1 Å². The molecule has 0 bridgehead atoms. The van der Waals surface area contributed by atoms with Gasteiger partial charge in [0.05, 0.1) is 23.7 Å². The van der Waals surface area contributed by atoms with Gasteiger partial charge in [0.2, 0.25) is 11.8 Å². The molecule has 5 rings (SSSR count). The highest BCUT2D eigenvalue weighted by Gasteiger charge is 2.30. The van der Waals surface area contributed by atoms with E-state index in [4.69, 9.17) is 0 Å². The van der Waals surface area contributed by atoms with Crippen LogP contribution in [0, 0.1) is 0 Å². The van der Waals surface area contributed by atoms with E-state index in [0.717, 1.165) is 11.1 Å². The second kappa shape index (κ2) is 10.1. The van der Waals surface area contributed by atoms with Gasteiger partial charge in [-0.05, 0) is 36.8 Å². The molecule has 1 unspecified atom stereocenters. The number of amides is 2. The largest absolute Gasteiger partial charge is 0.324 e. The van der Waals surface area contributed by atoms with Crippen LogP contribution in [0.2, 0.25) is 0 Å². The van der Waals surface area contributed by atoms with E-state index in [1.54, 1.807) is 17.3 Å². The van der Waals surface area contributed by atoms with E-state index in [9.17, 15) is 9.59 Å². The molecule has 8 nitrogen and oxygen atoms in total. The lowest BCUT2D eigenvalue weighted by Crippen LogP contribution is -2.40. The van der Waals surface area contributed by atoms with Crippen molar-refractivity contribution in [3.8, 4) is 11.4 Å². The molecule has 2 aromatic heterocycles. The normalized spacial score (nSPS) is 15.3. The zero-order valence-corrected chi connectivity index (χ0v) is 20.0. The number of hydrogen-bond acceptors (Lipinski definition) is 6. The van der Waals surface area contributed by atoms with Crippen LogP contribution in [-0.2, 0) is 16.1 Å². The molecule has 0 radical (unpaired) electrons. The molecule has 2 amide bonds. The quantitative estimate of drug-likeness (QED) is 0.412. The summed E-state index contributed by atoms with van der Waals surface area (Å²) < 4.78 is 2.01. The van der Waals surface area contributed by atoms with Crippen molar-refractivity contribution in [1.82, 2.24) is 19.7 Å². The summed E-state index contributed by atoms with van der Waals surface area (Å²) in [5, 5.41) is 12.4. The van der Waals surface area contributed by atoms with Crippen LogP contribution in [-0.4, -0.2) is 43.4 Å². The number of aromatic nitrogens is 4. The molecule has 176 valence electrons. The Kier molecular flexibility index (Phi) is 6.58. The van der Waals surface area contributed by atoms with Crippen molar-refractivity contribution in [2.75, 3.05) is 16.0 Å². The minimum absolute atomic E-state index is 0.0939. The molecular weight excluding hydrogens is 460 g/mol. The van der Waals surface area contributed by atoms with E-state index in [1.807, 2.05) is 78.2 Å². The first-order chi connectivity index (χ1) is 17.1. The molecule has 4 aromatic rings. The van der Waals surface area contributed by atoms with Crippen LogP contribution in [0.4, 0.5) is 11.4 Å². The molecule has 1 aliphatic heterocycles. The molecule has 9 heteroatoms. The summed E-state index contributed by atoms with van der Waals surface area (Å²) >= 11 is 1.34. The second-order valence-corrected chi connectivity index (χ2v) is 9.23. The maximum absolute atomic E-state index is 13.4. The third-order valence-electron chi connectivity index (χ3n) is 5.77. The topological polar surface area (TPSA) is 93.0 Å². The Labute approximate surface area is 207 Å². The van der Waals surface area contributed by atoms with Crippen LogP contribution in [0.3, 0.4) is 0 Å². The van der Waals surface area contributed by atoms with Crippen LogP contribution >= 0.6 is 11.8 Å². The van der Waals surface area contributed by atoms with Gasteiger partial charge in [-0.3, -0.25) is 19.1 Å². The lowest BCUT2D eigenvalue weighted by molar-refractivity contribution is -0.117. The Morgan fingerprint density at radius 3 is 2.66 bits per heavy atom. The van der Waals surface area contributed by atoms with Gasteiger partial charge in [-0.2, -0.15) is 0 Å². The summed E-state index contributed by atoms with van der Waals surface area (Å²) in [6.45, 7) is 2.46. The fourth-order valence-corrected chi connectivity index (χ4v) is 4.97. The van der Waals surface area contributed by atoms with E-state index in [0.29, 0.717) is 28.9 Å². The molecule has 0 spiro atoms. The number of para-hydroxylation sites is 2. The van der Waals surface area contributed by atoms with Crippen molar-refractivity contribution in [1.29, 1.82) is 0 Å². The molecule has 1 aliphatic rings. The maximum atomic E-state index is 13.4. The summed E-state index contributed by atoms with van der Waals surface area (Å²) in [6.07, 6.45) is 3.71. The van der Waals surface area contributed by atoms with Crippen LogP contribution in [0.15, 0.2) is 84.3 Å². The van der Waals surface area contributed by atoms with Gasteiger partial charge in [-0.1, -0.05) is 54.2 Å². The number of thioether (sulfide) groups is 1. The summed E-state index contributed by atoms with van der Waals surface area (Å²) in [5.41, 5.74) is 3.31. The molecule has 0 fully saturated rings. The zero-order chi connectivity index (χ0) is 24.2. The van der Waals surface area contributed by atoms with Crippen molar-refractivity contribution in [2.24, 2.45) is 0 Å². The first-order valence-corrected chi connectivity index (χ1v) is 12.3. The lowest BCUT2D eigenvalue weighted by atomic mass is 10.2. The Morgan fingerprint density at radius 1 is 1.06 bits per heavy atom. The predicted octanol–water partition coefficient (Wildman–Crippen LogP) is 4.24. The molecule has 2 aromatic carbocycles. The van der Waals surface area contributed by atoms with Gasteiger partial charge in [0, 0.05) is 30.4 Å². The second-order valence-electron chi connectivity index (χ2n) is 8.29. The average molecular weight is 485 g/mol. The fraction of sp³-hybridized carbons (Fsp3) is 0.192. The van der Waals surface area contributed by atoms with Crippen molar-refractivity contribution < 1.29 is 9.59 Å². The van der Waals surface area contributed by atoms with Crippen molar-refractivity contribution >= 4 is 35.0 Å². The van der Waals surface area contributed by atoms with E-state index in [2.05, 4.69) is 20.5 Å². The predicted molar refractivity (Wildman–Crippen MR) is 136 cm³/mol.